The third-order valence-corrected chi connectivity index (χ3v) is 7.73. The first-order valence-electron chi connectivity index (χ1n) is 7.31. The number of sulfone groups is 1. The molecule has 5 nitrogen and oxygen atoms in total. The highest BCUT2D eigenvalue weighted by molar-refractivity contribution is 14.1. The number of hydrogen-bond acceptors (Lipinski definition) is 4. The molecule has 0 radical (unpaired) electrons. The summed E-state index contributed by atoms with van der Waals surface area (Å²) < 4.78 is 25.0. The van der Waals surface area contributed by atoms with Crippen LogP contribution in [0.1, 0.15) is 13.8 Å². The lowest BCUT2D eigenvalue weighted by Crippen LogP contribution is -2.37. The van der Waals surface area contributed by atoms with Crippen molar-refractivity contribution in [1.29, 1.82) is 0 Å². The van der Waals surface area contributed by atoms with Crippen molar-refractivity contribution >= 4 is 61.0 Å². The fraction of sp³-hybridized carbons (Fsp3) is 0.467. The Morgan fingerprint density at radius 2 is 2.13 bits per heavy atom. The SMILES string of the molecule is CC(C)C(=O)N=C1S[C@@H]2CS(=O)(=O)C[C@@H]2N1c1cccc(I)c1. The average molecular weight is 464 g/mol. The van der Waals surface area contributed by atoms with E-state index in [9.17, 15) is 13.2 Å². The first-order chi connectivity index (χ1) is 10.8. The van der Waals surface area contributed by atoms with Crippen LogP contribution in [0.15, 0.2) is 29.3 Å². The number of rotatable bonds is 2. The van der Waals surface area contributed by atoms with Crippen molar-refractivity contribution in [2.24, 2.45) is 10.9 Å². The number of halogens is 1. The molecule has 2 aliphatic heterocycles. The molecule has 124 valence electrons. The van der Waals surface area contributed by atoms with Crippen molar-refractivity contribution in [3.63, 3.8) is 0 Å². The summed E-state index contributed by atoms with van der Waals surface area (Å²) in [6.45, 7) is 3.63. The zero-order valence-electron chi connectivity index (χ0n) is 12.8. The summed E-state index contributed by atoms with van der Waals surface area (Å²) in [5.74, 6) is -0.0844. The minimum absolute atomic E-state index is 0.0587. The van der Waals surface area contributed by atoms with Crippen LogP contribution >= 0.6 is 34.4 Å². The molecule has 0 spiro atoms. The second kappa shape index (κ2) is 6.36. The lowest BCUT2D eigenvalue weighted by Gasteiger charge is -2.24. The molecule has 0 unspecified atom stereocenters. The number of benzene rings is 1. The second-order valence-electron chi connectivity index (χ2n) is 6.04. The van der Waals surface area contributed by atoms with Gasteiger partial charge in [0.25, 0.3) is 5.91 Å². The molecule has 2 aliphatic rings. The van der Waals surface area contributed by atoms with Crippen molar-refractivity contribution in [3.05, 3.63) is 27.8 Å². The van der Waals surface area contributed by atoms with Gasteiger partial charge in [0.2, 0.25) is 0 Å². The highest BCUT2D eigenvalue weighted by atomic mass is 127. The summed E-state index contributed by atoms with van der Waals surface area (Å²) in [6, 6.07) is 7.68. The molecule has 1 aromatic carbocycles. The summed E-state index contributed by atoms with van der Waals surface area (Å²) in [4.78, 5) is 18.2. The molecule has 0 bridgehead atoms. The number of hydrogen-bond donors (Lipinski definition) is 0. The van der Waals surface area contributed by atoms with Crippen LogP contribution in [0, 0.1) is 9.49 Å². The van der Waals surface area contributed by atoms with Crippen molar-refractivity contribution in [3.8, 4) is 0 Å². The van der Waals surface area contributed by atoms with E-state index in [-0.39, 0.29) is 34.6 Å². The van der Waals surface area contributed by atoms with Crippen LogP contribution in [0.3, 0.4) is 0 Å². The van der Waals surface area contributed by atoms with Crippen LogP contribution in [-0.2, 0) is 14.6 Å². The van der Waals surface area contributed by atoms with Gasteiger partial charge in [-0.15, -0.1) is 0 Å². The van der Waals surface area contributed by atoms with Gasteiger partial charge in [0.1, 0.15) is 0 Å². The van der Waals surface area contributed by atoms with Crippen LogP contribution < -0.4 is 4.90 Å². The summed E-state index contributed by atoms with van der Waals surface area (Å²) in [7, 11) is -3.03. The third-order valence-electron chi connectivity index (χ3n) is 3.85. The Kier molecular flexibility index (Phi) is 4.76. The zero-order valence-corrected chi connectivity index (χ0v) is 16.6. The maximum atomic E-state index is 12.0. The van der Waals surface area contributed by atoms with Crippen molar-refractivity contribution in [2.75, 3.05) is 16.4 Å². The third kappa shape index (κ3) is 3.58. The smallest absolute Gasteiger partial charge is 0.250 e. The molecule has 1 aromatic rings. The Morgan fingerprint density at radius 1 is 1.39 bits per heavy atom. The standard InChI is InChI=1S/C15H17IN2O3S2/c1-9(2)14(19)17-15-18(11-5-3-4-10(16)6-11)12-7-23(20,21)8-13(12)22-15/h3-6,9,12-13H,7-8H2,1-2H3/t12-,13+/m0/s1. The van der Waals surface area contributed by atoms with E-state index in [1.165, 1.54) is 11.8 Å². The van der Waals surface area contributed by atoms with Gasteiger partial charge in [-0.05, 0) is 40.8 Å². The number of thioether (sulfide) groups is 1. The monoisotopic (exact) mass is 464 g/mol. The largest absolute Gasteiger partial charge is 0.316 e. The van der Waals surface area contributed by atoms with Gasteiger partial charge in [0.05, 0.1) is 17.5 Å². The lowest BCUT2D eigenvalue weighted by molar-refractivity contribution is -0.120. The molecule has 0 N–H and O–H groups in total. The molecule has 2 atom stereocenters. The normalized spacial score (nSPS) is 27.7. The molecule has 3 rings (SSSR count). The van der Waals surface area contributed by atoms with Gasteiger partial charge in [-0.25, -0.2) is 8.42 Å². The fourth-order valence-electron chi connectivity index (χ4n) is 2.72. The van der Waals surface area contributed by atoms with Crippen LogP contribution in [0.25, 0.3) is 0 Å². The summed E-state index contributed by atoms with van der Waals surface area (Å²) >= 11 is 3.63. The predicted octanol–water partition coefficient (Wildman–Crippen LogP) is 2.55. The predicted molar refractivity (Wildman–Crippen MR) is 103 cm³/mol. The van der Waals surface area contributed by atoms with Crippen molar-refractivity contribution in [2.45, 2.75) is 25.1 Å². The van der Waals surface area contributed by atoms with Gasteiger partial charge >= 0.3 is 0 Å². The van der Waals surface area contributed by atoms with E-state index in [1.807, 2.05) is 43.0 Å². The second-order valence-corrected chi connectivity index (χ2v) is 10.6. The van der Waals surface area contributed by atoms with Crippen molar-refractivity contribution in [1.82, 2.24) is 0 Å². The molecule has 0 aliphatic carbocycles. The number of carbonyl (C=O) groups excluding carboxylic acids is 1. The molecule has 0 aromatic heterocycles. The minimum atomic E-state index is -3.03. The quantitative estimate of drug-likeness (QED) is 0.630. The maximum absolute atomic E-state index is 12.0. The molecular formula is C15H17IN2O3S2. The van der Waals surface area contributed by atoms with E-state index in [2.05, 4.69) is 27.6 Å². The number of fused-ring (bicyclic) bond motifs is 1. The van der Waals surface area contributed by atoms with Crippen LogP contribution in [-0.4, -0.2) is 42.3 Å². The first-order valence-corrected chi connectivity index (χ1v) is 11.1. The Balaban J connectivity index is 2.02. The van der Waals surface area contributed by atoms with Gasteiger partial charge in [-0.3, -0.25) is 4.79 Å². The minimum Gasteiger partial charge on any atom is -0.316 e. The summed E-state index contributed by atoms with van der Waals surface area (Å²) in [5.41, 5.74) is 0.893. The van der Waals surface area contributed by atoms with E-state index < -0.39 is 9.84 Å². The first kappa shape index (κ1) is 17.2. The van der Waals surface area contributed by atoms with Gasteiger partial charge < -0.3 is 4.90 Å². The summed E-state index contributed by atoms with van der Waals surface area (Å²) in [5, 5.41) is 0.562. The fourth-order valence-corrected chi connectivity index (χ4v) is 7.16. The van der Waals surface area contributed by atoms with E-state index in [1.54, 1.807) is 0 Å². The summed E-state index contributed by atoms with van der Waals surface area (Å²) in [6.07, 6.45) is 0. The van der Waals surface area contributed by atoms with Crippen molar-refractivity contribution < 1.29 is 13.2 Å². The number of amides is 1. The van der Waals surface area contributed by atoms with E-state index >= 15 is 0 Å². The molecule has 2 fully saturated rings. The Bertz CT molecular complexity index is 777. The zero-order chi connectivity index (χ0) is 16.8. The molecular weight excluding hydrogens is 447 g/mol. The van der Waals surface area contributed by atoms with Gasteiger partial charge in [-0.1, -0.05) is 31.7 Å². The maximum Gasteiger partial charge on any atom is 0.250 e. The number of anilines is 1. The molecule has 1 amide bonds. The topological polar surface area (TPSA) is 66.8 Å². The molecule has 2 heterocycles. The highest BCUT2D eigenvalue weighted by Crippen LogP contribution is 2.41. The van der Waals surface area contributed by atoms with Crippen LogP contribution in [0.5, 0.6) is 0 Å². The van der Waals surface area contributed by atoms with E-state index in [4.69, 9.17) is 0 Å². The van der Waals surface area contributed by atoms with Crippen LogP contribution in [0.2, 0.25) is 0 Å². The molecule has 8 heteroatoms. The van der Waals surface area contributed by atoms with Gasteiger partial charge in [0, 0.05) is 20.4 Å². The van der Waals surface area contributed by atoms with E-state index in [0.29, 0.717) is 5.17 Å². The number of aliphatic imine (C=N–C) groups is 1. The number of amidine groups is 1. The van der Waals surface area contributed by atoms with Gasteiger partial charge in [0.15, 0.2) is 15.0 Å². The van der Waals surface area contributed by atoms with Gasteiger partial charge in [-0.2, -0.15) is 4.99 Å². The number of carbonyl (C=O) groups is 1. The average Bonchev–Trinajstić information content (AvgIpc) is 2.89. The van der Waals surface area contributed by atoms with E-state index in [0.717, 1.165) is 9.26 Å². The Labute approximate surface area is 154 Å². The Hall–Kier alpha value is -0.610. The molecule has 23 heavy (non-hydrogen) atoms. The number of nitrogens with zero attached hydrogens (tertiary/aromatic N) is 2. The lowest BCUT2D eigenvalue weighted by atomic mass is 10.2. The molecule has 2 saturated heterocycles. The Morgan fingerprint density at radius 3 is 2.78 bits per heavy atom. The highest BCUT2D eigenvalue weighted by Gasteiger charge is 2.49. The van der Waals surface area contributed by atoms with Crippen LogP contribution in [0.4, 0.5) is 5.69 Å². The molecule has 0 saturated carbocycles.